The van der Waals surface area contributed by atoms with Crippen LogP contribution in [0, 0.1) is 5.92 Å². The first kappa shape index (κ1) is 20.3. The summed E-state index contributed by atoms with van der Waals surface area (Å²) in [5.41, 5.74) is 2.50. The van der Waals surface area contributed by atoms with E-state index in [2.05, 4.69) is 32.7 Å². The summed E-state index contributed by atoms with van der Waals surface area (Å²) in [5.74, 6) is -0.336. The van der Waals surface area contributed by atoms with E-state index in [-0.39, 0.29) is 35.2 Å². The summed E-state index contributed by atoms with van der Waals surface area (Å²) in [6.07, 6.45) is 0. The number of morpholine rings is 1. The smallest absolute Gasteiger partial charge is 0.276 e. The van der Waals surface area contributed by atoms with Crippen molar-refractivity contribution in [1.29, 1.82) is 0 Å². The van der Waals surface area contributed by atoms with Crippen LogP contribution < -0.4 is 10.2 Å². The van der Waals surface area contributed by atoms with Gasteiger partial charge in [0.25, 0.3) is 11.8 Å². The Kier molecular flexibility index (Phi) is 5.72. The van der Waals surface area contributed by atoms with Crippen LogP contribution in [0.2, 0.25) is 0 Å². The second-order valence-electron chi connectivity index (χ2n) is 8.22. The molecule has 0 unspecified atom stereocenters. The third-order valence-corrected chi connectivity index (χ3v) is 5.72. The number of carbonyl (C=O) groups is 2. The van der Waals surface area contributed by atoms with Crippen LogP contribution in [-0.4, -0.2) is 71.1 Å². The van der Waals surface area contributed by atoms with E-state index in [9.17, 15) is 9.59 Å². The molecule has 0 bridgehead atoms. The van der Waals surface area contributed by atoms with Gasteiger partial charge in [-0.05, 0) is 23.6 Å². The van der Waals surface area contributed by atoms with Gasteiger partial charge in [-0.1, -0.05) is 31.2 Å². The van der Waals surface area contributed by atoms with Crippen molar-refractivity contribution in [2.45, 2.75) is 33.0 Å². The molecule has 1 fully saturated rings. The van der Waals surface area contributed by atoms with Gasteiger partial charge in [-0.2, -0.15) is 0 Å². The number of anilines is 1. The van der Waals surface area contributed by atoms with E-state index in [1.165, 1.54) is 0 Å². The Morgan fingerprint density at radius 1 is 1.27 bits per heavy atom. The van der Waals surface area contributed by atoms with Gasteiger partial charge in [-0.15, -0.1) is 5.10 Å². The first-order chi connectivity index (χ1) is 14.4. The maximum atomic E-state index is 13.0. The minimum absolute atomic E-state index is 0.0163. The summed E-state index contributed by atoms with van der Waals surface area (Å²) in [4.78, 5) is 29.4. The monoisotopic (exact) mass is 412 g/mol. The fraction of sp³-hybridized carbons (Fsp3) is 0.524. The van der Waals surface area contributed by atoms with Gasteiger partial charge in [0.1, 0.15) is 0 Å². The number of nitrogens with zero attached hydrogens (tertiary/aromatic N) is 5. The van der Waals surface area contributed by atoms with E-state index in [1.54, 1.807) is 16.6 Å². The summed E-state index contributed by atoms with van der Waals surface area (Å²) < 4.78 is 6.94. The molecule has 9 heteroatoms. The molecule has 1 aromatic heterocycles. The molecule has 0 radical (unpaired) electrons. The molecular weight excluding hydrogens is 384 g/mol. The van der Waals surface area contributed by atoms with Gasteiger partial charge in [-0.25, -0.2) is 4.68 Å². The number of rotatable bonds is 5. The first-order valence-corrected chi connectivity index (χ1v) is 10.4. The maximum Gasteiger partial charge on any atom is 0.276 e. The molecule has 1 saturated heterocycles. The number of carbonyl (C=O) groups excluding carboxylic acids is 2. The highest BCUT2D eigenvalue weighted by molar-refractivity contribution is 6.05. The molecule has 0 saturated carbocycles. The van der Waals surface area contributed by atoms with E-state index in [0.717, 1.165) is 37.6 Å². The predicted octanol–water partition coefficient (Wildman–Crippen LogP) is 1.15. The second-order valence-corrected chi connectivity index (χ2v) is 8.22. The van der Waals surface area contributed by atoms with E-state index in [1.807, 2.05) is 26.0 Å². The minimum Gasteiger partial charge on any atom is -0.378 e. The zero-order valence-corrected chi connectivity index (χ0v) is 17.7. The van der Waals surface area contributed by atoms with Crippen molar-refractivity contribution >= 4 is 17.5 Å². The fourth-order valence-corrected chi connectivity index (χ4v) is 3.82. The van der Waals surface area contributed by atoms with Crippen LogP contribution in [0.25, 0.3) is 0 Å². The Balaban J connectivity index is 1.44. The summed E-state index contributed by atoms with van der Waals surface area (Å²) >= 11 is 0. The highest BCUT2D eigenvalue weighted by Gasteiger charge is 2.34. The Morgan fingerprint density at radius 2 is 1.97 bits per heavy atom. The molecule has 9 nitrogen and oxygen atoms in total. The zero-order chi connectivity index (χ0) is 21.3. The highest BCUT2D eigenvalue weighted by atomic mass is 16.5. The van der Waals surface area contributed by atoms with Gasteiger partial charge in [-0.3, -0.25) is 9.59 Å². The average Bonchev–Trinajstić information content (AvgIpc) is 3.19. The van der Waals surface area contributed by atoms with Gasteiger partial charge in [0.2, 0.25) is 0 Å². The van der Waals surface area contributed by atoms with Gasteiger partial charge < -0.3 is 19.9 Å². The molecule has 0 aliphatic carbocycles. The van der Waals surface area contributed by atoms with E-state index < -0.39 is 0 Å². The Morgan fingerprint density at radius 3 is 2.63 bits per heavy atom. The van der Waals surface area contributed by atoms with Crippen LogP contribution >= 0.6 is 0 Å². The molecule has 2 amide bonds. The number of amides is 2. The molecule has 1 aromatic carbocycles. The molecule has 3 heterocycles. The normalized spacial score (nSPS) is 18.9. The number of fused-ring (bicyclic) bond motifs is 1. The van der Waals surface area contributed by atoms with E-state index in [4.69, 9.17) is 4.74 Å². The van der Waals surface area contributed by atoms with Crippen LogP contribution in [0.3, 0.4) is 0 Å². The Bertz CT molecular complexity index is 917. The zero-order valence-electron chi connectivity index (χ0n) is 17.7. The number of nitrogens with one attached hydrogen (secondary N) is 1. The molecule has 1 N–H and O–H groups in total. The molecule has 30 heavy (non-hydrogen) atoms. The number of ether oxygens (including phenoxy) is 1. The minimum atomic E-state index is -0.313. The largest absolute Gasteiger partial charge is 0.378 e. The highest BCUT2D eigenvalue weighted by Crippen LogP contribution is 2.20. The van der Waals surface area contributed by atoms with Crippen molar-refractivity contribution in [1.82, 2.24) is 25.2 Å². The molecular formula is C21H28N6O3. The summed E-state index contributed by atoms with van der Waals surface area (Å²) in [6.45, 7) is 8.28. The van der Waals surface area contributed by atoms with Crippen molar-refractivity contribution in [3.05, 3.63) is 41.2 Å². The van der Waals surface area contributed by atoms with Crippen molar-refractivity contribution < 1.29 is 14.3 Å². The number of aromatic nitrogens is 3. The van der Waals surface area contributed by atoms with Crippen LogP contribution in [0.1, 0.15) is 40.4 Å². The van der Waals surface area contributed by atoms with E-state index in [0.29, 0.717) is 13.1 Å². The lowest BCUT2D eigenvalue weighted by Crippen LogP contribution is -2.48. The van der Waals surface area contributed by atoms with Gasteiger partial charge in [0, 0.05) is 32.4 Å². The quantitative estimate of drug-likeness (QED) is 0.792. The van der Waals surface area contributed by atoms with Crippen LogP contribution in [-0.2, 0) is 17.8 Å². The summed E-state index contributed by atoms with van der Waals surface area (Å²) in [6, 6.07) is 8.17. The fourth-order valence-electron chi connectivity index (χ4n) is 3.82. The van der Waals surface area contributed by atoms with Gasteiger partial charge >= 0.3 is 0 Å². The topological polar surface area (TPSA) is 92.6 Å². The molecule has 2 aromatic rings. The van der Waals surface area contributed by atoms with Gasteiger partial charge in [0.05, 0.1) is 25.8 Å². The van der Waals surface area contributed by atoms with Gasteiger partial charge in [0.15, 0.2) is 11.4 Å². The second kappa shape index (κ2) is 8.43. The molecule has 2 aliphatic heterocycles. The number of hydrogen-bond donors (Lipinski definition) is 1. The maximum absolute atomic E-state index is 13.0. The summed E-state index contributed by atoms with van der Waals surface area (Å²) in [5, 5.41) is 11.0. The Hall–Kier alpha value is -2.94. The Labute approximate surface area is 176 Å². The van der Waals surface area contributed by atoms with Crippen molar-refractivity contribution in [2.24, 2.45) is 5.92 Å². The van der Waals surface area contributed by atoms with Crippen LogP contribution in [0.15, 0.2) is 24.3 Å². The third kappa shape index (κ3) is 4.02. The number of benzene rings is 1. The third-order valence-electron chi connectivity index (χ3n) is 5.72. The van der Waals surface area contributed by atoms with E-state index >= 15 is 0 Å². The molecule has 160 valence electrons. The van der Waals surface area contributed by atoms with Crippen LogP contribution in [0.5, 0.6) is 0 Å². The molecule has 4 rings (SSSR count). The van der Waals surface area contributed by atoms with Crippen molar-refractivity contribution in [3.8, 4) is 0 Å². The van der Waals surface area contributed by atoms with Crippen molar-refractivity contribution in [3.63, 3.8) is 0 Å². The molecule has 2 aliphatic rings. The summed E-state index contributed by atoms with van der Waals surface area (Å²) in [7, 11) is 1.71. The predicted molar refractivity (Wildman–Crippen MR) is 111 cm³/mol. The lowest BCUT2D eigenvalue weighted by Gasteiger charge is -2.29. The SMILES string of the molecule is CC(C)[C@H]1Cn2nnc(C(=O)N(C)Cc3ccc(N4CCOCC4)cc3)c2C(=O)N1. The van der Waals surface area contributed by atoms with Crippen molar-refractivity contribution in [2.75, 3.05) is 38.3 Å². The standard InChI is InChI=1S/C21H28N6O3/c1-14(2)17-13-27-19(20(28)22-17)18(23-24-27)21(29)25(3)12-15-4-6-16(7-5-15)26-8-10-30-11-9-26/h4-7,14,17H,8-13H2,1-3H3,(H,22,28)/t17-/m1/s1. The average molecular weight is 412 g/mol. The number of hydrogen-bond acceptors (Lipinski definition) is 6. The first-order valence-electron chi connectivity index (χ1n) is 10.4. The van der Waals surface area contributed by atoms with Crippen LogP contribution in [0.4, 0.5) is 5.69 Å². The molecule has 1 atom stereocenters. The molecule has 0 spiro atoms. The lowest BCUT2D eigenvalue weighted by atomic mass is 10.0. The lowest BCUT2D eigenvalue weighted by molar-refractivity contribution is 0.0765.